The largest absolute Gasteiger partial charge is 0.354 e. The zero-order valence-corrected chi connectivity index (χ0v) is 21.4. The van der Waals surface area contributed by atoms with Gasteiger partial charge in [0.2, 0.25) is 5.91 Å². The van der Waals surface area contributed by atoms with E-state index in [1.165, 1.54) is 35.6 Å². The van der Waals surface area contributed by atoms with E-state index < -0.39 is 0 Å². The summed E-state index contributed by atoms with van der Waals surface area (Å²) < 4.78 is 1.51. The highest BCUT2D eigenvalue weighted by Gasteiger charge is 2.23. The molecule has 1 N–H and O–H groups in total. The molecule has 9 heteroatoms. The minimum Gasteiger partial charge on any atom is -0.354 e. The Balaban J connectivity index is 1.60. The van der Waals surface area contributed by atoms with E-state index >= 15 is 0 Å². The fraction of sp³-hybridized carbons (Fsp3) is 0.400. The number of carbonyl (C=O) groups is 1. The van der Waals surface area contributed by atoms with Crippen LogP contribution in [0.5, 0.6) is 0 Å². The molecule has 1 unspecified atom stereocenters. The molecule has 3 aromatic rings. The number of piperidine rings is 1. The predicted octanol–water partition coefficient (Wildman–Crippen LogP) is 5.17. The second-order valence-corrected chi connectivity index (χ2v) is 10.3. The SMILES string of the molecule is CCC(Sc1nc2ccccc2c(=O)n1-c1ccc(Cl)c(Cl)c1)C(=O)NCCN1CCCCC1. The molecular formula is C25H28Cl2N4O2S. The normalized spacial score (nSPS) is 15.4. The van der Waals surface area contributed by atoms with Crippen molar-refractivity contribution < 1.29 is 4.79 Å². The van der Waals surface area contributed by atoms with Gasteiger partial charge in [-0.05, 0) is 62.7 Å². The van der Waals surface area contributed by atoms with E-state index in [-0.39, 0.29) is 16.7 Å². The summed E-state index contributed by atoms with van der Waals surface area (Å²) in [6, 6.07) is 12.2. The first-order valence-corrected chi connectivity index (χ1v) is 13.3. The van der Waals surface area contributed by atoms with Crippen molar-refractivity contribution in [3.05, 3.63) is 62.9 Å². The van der Waals surface area contributed by atoms with Crippen LogP contribution in [0.15, 0.2) is 52.4 Å². The van der Waals surface area contributed by atoms with Gasteiger partial charge in [-0.2, -0.15) is 0 Å². The summed E-state index contributed by atoms with van der Waals surface area (Å²) >= 11 is 13.6. The minimum absolute atomic E-state index is 0.0485. The highest BCUT2D eigenvalue weighted by molar-refractivity contribution is 8.00. The highest BCUT2D eigenvalue weighted by atomic mass is 35.5. The van der Waals surface area contributed by atoms with Crippen LogP contribution >= 0.6 is 35.0 Å². The summed E-state index contributed by atoms with van der Waals surface area (Å²) in [4.78, 5) is 33.6. The third-order valence-corrected chi connectivity index (χ3v) is 8.05. The zero-order valence-electron chi connectivity index (χ0n) is 19.1. The number of amides is 1. The van der Waals surface area contributed by atoms with Crippen LogP contribution in [0.4, 0.5) is 0 Å². The fourth-order valence-electron chi connectivity index (χ4n) is 4.13. The molecule has 1 aliphatic heterocycles. The summed E-state index contributed by atoms with van der Waals surface area (Å²) in [6.07, 6.45) is 4.34. The molecule has 1 amide bonds. The summed E-state index contributed by atoms with van der Waals surface area (Å²) in [5, 5.41) is 4.38. The Labute approximate surface area is 213 Å². The van der Waals surface area contributed by atoms with Crippen LogP contribution in [0, 0.1) is 0 Å². The van der Waals surface area contributed by atoms with Crippen LogP contribution in [0.25, 0.3) is 16.6 Å². The van der Waals surface area contributed by atoms with Crippen LogP contribution < -0.4 is 10.9 Å². The van der Waals surface area contributed by atoms with Crippen molar-refractivity contribution >= 4 is 51.8 Å². The molecule has 0 radical (unpaired) electrons. The summed E-state index contributed by atoms with van der Waals surface area (Å²) in [6.45, 7) is 5.62. The third-order valence-electron chi connectivity index (χ3n) is 5.99. The van der Waals surface area contributed by atoms with Gasteiger partial charge in [-0.1, -0.05) is 60.4 Å². The highest BCUT2D eigenvalue weighted by Crippen LogP contribution is 2.29. The Bertz CT molecular complexity index is 1230. The number of fused-ring (bicyclic) bond motifs is 1. The Kier molecular flexibility index (Phi) is 8.53. The number of carbonyl (C=O) groups excluding carboxylic acids is 1. The molecule has 0 saturated carbocycles. The van der Waals surface area contributed by atoms with E-state index in [0.717, 1.165) is 19.6 Å². The van der Waals surface area contributed by atoms with Crippen molar-refractivity contribution in [1.29, 1.82) is 0 Å². The lowest BCUT2D eigenvalue weighted by Gasteiger charge is -2.26. The van der Waals surface area contributed by atoms with Crippen molar-refractivity contribution in [3.8, 4) is 5.69 Å². The van der Waals surface area contributed by atoms with Gasteiger partial charge in [0.25, 0.3) is 5.56 Å². The van der Waals surface area contributed by atoms with E-state index in [0.29, 0.717) is 44.8 Å². The topological polar surface area (TPSA) is 67.2 Å². The number of rotatable bonds is 8. The van der Waals surface area contributed by atoms with Crippen molar-refractivity contribution in [2.24, 2.45) is 0 Å². The number of halogens is 2. The Hall–Kier alpha value is -2.06. The number of nitrogens with one attached hydrogen (secondary N) is 1. The molecule has 6 nitrogen and oxygen atoms in total. The number of aromatic nitrogens is 2. The van der Waals surface area contributed by atoms with Gasteiger partial charge < -0.3 is 10.2 Å². The molecule has 1 atom stereocenters. The summed E-state index contributed by atoms with van der Waals surface area (Å²) in [5.41, 5.74) is 0.930. The third kappa shape index (κ3) is 5.77. The first-order valence-electron chi connectivity index (χ1n) is 11.6. The van der Waals surface area contributed by atoms with Gasteiger partial charge >= 0.3 is 0 Å². The maximum absolute atomic E-state index is 13.5. The molecule has 1 saturated heterocycles. The molecule has 34 heavy (non-hydrogen) atoms. The Morgan fingerprint density at radius 2 is 1.88 bits per heavy atom. The van der Waals surface area contributed by atoms with Gasteiger partial charge in [-0.3, -0.25) is 14.2 Å². The predicted molar refractivity (Wildman–Crippen MR) is 141 cm³/mol. The maximum Gasteiger partial charge on any atom is 0.266 e. The molecule has 1 aliphatic rings. The molecular weight excluding hydrogens is 491 g/mol. The quantitative estimate of drug-likeness (QED) is 0.329. The molecule has 0 bridgehead atoms. The van der Waals surface area contributed by atoms with Crippen LogP contribution in [-0.4, -0.2) is 51.8 Å². The van der Waals surface area contributed by atoms with E-state index in [9.17, 15) is 9.59 Å². The lowest BCUT2D eigenvalue weighted by atomic mass is 10.1. The number of para-hydroxylation sites is 1. The first-order chi connectivity index (χ1) is 16.5. The number of benzene rings is 2. The monoisotopic (exact) mass is 518 g/mol. The Morgan fingerprint density at radius 3 is 2.62 bits per heavy atom. The molecule has 2 heterocycles. The van der Waals surface area contributed by atoms with Crippen LogP contribution in [-0.2, 0) is 4.79 Å². The molecule has 2 aromatic carbocycles. The standard InChI is InChI=1S/C25H28Cl2N4O2S/c1-2-22(23(32)28-12-15-30-13-6-3-7-14-30)34-25-29-21-9-5-4-8-18(21)24(33)31(25)17-10-11-19(26)20(27)16-17/h4-5,8-11,16,22H,2-3,6-7,12-15H2,1H3,(H,28,32). The average Bonchev–Trinajstić information content (AvgIpc) is 2.85. The van der Waals surface area contributed by atoms with E-state index in [1.54, 1.807) is 30.3 Å². The Morgan fingerprint density at radius 1 is 1.12 bits per heavy atom. The smallest absolute Gasteiger partial charge is 0.266 e. The molecule has 180 valence electrons. The summed E-state index contributed by atoms with van der Waals surface area (Å²) in [5.74, 6) is -0.0485. The number of nitrogens with zero attached hydrogens (tertiary/aromatic N) is 3. The van der Waals surface area contributed by atoms with E-state index in [1.807, 2.05) is 19.1 Å². The number of thioether (sulfide) groups is 1. The van der Waals surface area contributed by atoms with Gasteiger partial charge in [-0.15, -0.1) is 0 Å². The van der Waals surface area contributed by atoms with Crippen LogP contribution in [0.1, 0.15) is 32.6 Å². The van der Waals surface area contributed by atoms with Crippen molar-refractivity contribution in [3.63, 3.8) is 0 Å². The number of likely N-dealkylation sites (tertiary alicyclic amines) is 1. The molecule has 0 aliphatic carbocycles. The number of hydrogen-bond donors (Lipinski definition) is 1. The lowest BCUT2D eigenvalue weighted by molar-refractivity contribution is -0.120. The van der Waals surface area contributed by atoms with Gasteiger partial charge in [0, 0.05) is 13.1 Å². The minimum atomic E-state index is -0.386. The molecule has 0 spiro atoms. The van der Waals surface area contributed by atoms with E-state index in [2.05, 4.69) is 10.2 Å². The van der Waals surface area contributed by atoms with Gasteiger partial charge in [-0.25, -0.2) is 4.98 Å². The second-order valence-electron chi connectivity index (χ2n) is 8.36. The molecule has 1 aromatic heterocycles. The maximum atomic E-state index is 13.5. The van der Waals surface area contributed by atoms with Crippen LogP contribution in [0.2, 0.25) is 10.0 Å². The summed E-state index contributed by atoms with van der Waals surface area (Å²) in [7, 11) is 0. The zero-order chi connectivity index (χ0) is 24.1. The fourth-order valence-corrected chi connectivity index (χ4v) is 5.48. The molecule has 4 rings (SSSR count). The molecule has 1 fully saturated rings. The number of hydrogen-bond acceptors (Lipinski definition) is 5. The van der Waals surface area contributed by atoms with Gasteiger partial charge in [0.1, 0.15) is 0 Å². The first kappa shape index (κ1) is 25.0. The van der Waals surface area contributed by atoms with Gasteiger partial charge in [0.15, 0.2) is 5.16 Å². The van der Waals surface area contributed by atoms with Crippen molar-refractivity contribution in [1.82, 2.24) is 19.8 Å². The van der Waals surface area contributed by atoms with Crippen molar-refractivity contribution in [2.75, 3.05) is 26.2 Å². The average molecular weight is 519 g/mol. The lowest BCUT2D eigenvalue weighted by Crippen LogP contribution is -2.40. The van der Waals surface area contributed by atoms with Crippen LogP contribution in [0.3, 0.4) is 0 Å². The van der Waals surface area contributed by atoms with Crippen molar-refractivity contribution in [2.45, 2.75) is 43.0 Å². The second kappa shape index (κ2) is 11.6. The van der Waals surface area contributed by atoms with Gasteiger partial charge in [0.05, 0.1) is 31.9 Å². The van der Waals surface area contributed by atoms with E-state index in [4.69, 9.17) is 28.2 Å².